The van der Waals surface area contributed by atoms with Gasteiger partial charge in [-0.25, -0.2) is 9.67 Å². The molecule has 0 N–H and O–H groups in total. The first-order valence-electron chi connectivity index (χ1n) is 10.7. The Morgan fingerprint density at radius 1 is 1.15 bits per heavy atom. The van der Waals surface area contributed by atoms with Crippen molar-refractivity contribution in [2.24, 2.45) is 5.10 Å². The van der Waals surface area contributed by atoms with Crippen LogP contribution >= 0.6 is 11.6 Å². The molecule has 0 saturated heterocycles. The molecule has 0 bridgehead atoms. The van der Waals surface area contributed by atoms with Crippen molar-refractivity contribution in [3.8, 4) is 5.75 Å². The molecule has 0 saturated carbocycles. The van der Waals surface area contributed by atoms with Gasteiger partial charge in [-0.3, -0.25) is 9.80 Å². The number of methoxy groups -OCH3 is 1. The number of para-hydroxylation sites is 1. The van der Waals surface area contributed by atoms with Crippen molar-refractivity contribution in [2.45, 2.75) is 18.9 Å². The highest BCUT2D eigenvalue weighted by atomic mass is 35.5. The van der Waals surface area contributed by atoms with Gasteiger partial charge in [0, 0.05) is 44.0 Å². The third kappa shape index (κ3) is 4.09. The van der Waals surface area contributed by atoms with E-state index in [0.29, 0.717) is 23.7 Å². The molecule has 168 valence electrons. The van der Waals surface area contributed by atoms with E-state index >= 15 is 0 Å². The summed E-state index contributed by atoms with van der Waals surface area (Å²) in [6.45, 7) is 1.37. The van der Waals surface area contributed by atoms with Gasteiger partial charge in [-0.15, -0.1) is 0 Å². The molecule has 2 aliphatic heterocycles. The fourth-order valence-electron chi connectivity index (χ4n) is 4.14. The van der Waals surface area contributed by atoms with E-state index in [2.05, 4.69) is 21.1 Å². The van der Waals surface area contributed by atoms with Crippen LogP contribution in [0.25, 0.3) is 5.70 Å². The first kappa shape index (κ1) is 21.2. The standard InChI is InChI=1S/C24H23ClN6O2/c1-33-21-16-30(17-10-14-29(15-11-17)24-19(25)8-5-12-26-24)28-22(23(21)32)20-9-13-27-31(20)18-6-3-2-4-7-18/h2-8,10,12-13,16,20H,9,11,14-15H2,1H3. The van der Waals surface area contributed by atoms with Gasteiger partial charge in [0.1, 0.15) is 17.6 Å². The second kappa shape index (κ2) is 9.07. The Bertz CT molecular complexity index is 1270. The Morgan fingerprint density at radius 3 is 2.73 bits per heavy atom. The largest absolute Gasteiger partial charge is 0.491 e. The minimum absolute atomic E-state index is 0.219. The molecular weight excluding hydrogens is 440 g/mol. The van der Waals surface area contributed by atoms with Crippen LogP contribution in [-0.4, -0.2) is 41.2 Å². The highest BCUT2D eigenvalue weighted by Crippen LogP contribution is 2.32. The number of hydrogen-bond acceptors (Lipinski definition) is 7. The number of aromatic nitrogens is 3. The fraction of sp³-hybridized carbons (Fsp3) is 0.250. The third-order valence-electron chi connectivity index (χ3n) is 5.82. The number of nitrogens with zero attached hydrogens (tertiary/aromatic N) is 6. The van der Waals surface area contributed by atoms with Gasteiger partial charge < -0.3 is 9.64 Å². The van der Waals surface area contributed by atoms with Crippen molar-refractivity contribution in [1.82, 2.24) is 14.8 Å². The van der Waals surface area contributed by atoms with Crippen molar-refractivity contribution in [3.05, 3.63) is 81.9 Å². The average molecular weight is 463 g/mol. The Morgan fingerprint density at radius 2 is 2.00 bits per heavy atom. The molecular formula is C24H23ClN6O2. The monoisotopic (exact) mass is 462 g/mol. The van der Waals surface area contributed by atoms with Crippen LogP contribution in [0.4, 0.5) is 11.5 Å². The van der Waals surface area contributed by atoms with Gasteiger partial charge in [-0.2, -0.15) is 10.2 Å². The summed E-state index contributed by atoms with van der Waals surface area (Å²) in [4.78, 5) is 19.7. The number of ether oxygens (including phenoxy) is 1. The number of benzene rings is 1. The van der Waals surface area contributed by atoms with Gasteiger partial charge in [-0.1, -0.05) is 29.8 Å². The predicted octanol–water partition coefficient (Wildman–Crippen LogP) is 3.99. The molecule has 2 aliphatic rings. The molecule has 4 heterocycles. The number of halogens is 1. The zero-order chi connectivity index (χ0) is 22.8. The molecule has 1 atom stereocenters. The van der Waals surface area contributed by atoms with Crippen molar-refractivity contribution >= 4 is 35.0 Å². The molecule has 0 spiro atoms. The van der Waals surface area contributed by atoms with Crippen molar-refractivity contribution in [1.29, 1.82) is 0 Å². The second-order valence-corrected chi connectivity index (χ2v) is 8.19. The molecule has 5 rings (SSSR count). The smallest absolute Gasteiger partial charge is 0.247 e. The van der Waals surface area contributed by atoms with E-state index in [1.807, 2.05) is 53.7 Å². The zero-order valence-electron chi connectivity index (χ0n) is 18.1. The highest BCUT2D eigenvalue weighted by molar-refractivity contribution is 6.32. The minimum Gasteiger partial charge on any atom is -0.491 e. The number of rotatable bonds is 5. The van der Waals surface area contributed by atoms with E-state index in [4.69, 9.17) is 21.4 Å². The Balaban J connectivity index is 1.47. The maximum absolute atomic E-state index is 13.1. The third-order valence-corrected chi connectivity index (χ3v) is 6.11. The second-order valence-electron chi connectivity index (χ2n) is 7.79. The molecule has 33 heavy (non-hydrogen) atoms. The molecule has 2 aromatic heterocycles. The first-order chi connectivity index (χ1) is 16.2. The van der Waals surface area contributed by atoms with Crippen LogP contribution < -0.4 is 20.1 Å². The van der Waals surface area contributed by atoms with E-state index in [0.717, 1.165) is 30.2 Å². The van der Waals surface area contributed by atoms with E-state index in [1.54, 1.807) is 17.1 Å². The molecule has 0 fully saturated rings. The lowest BCUT2D eigenvalue weighted by molar-refractivity contribution is 0.402. The van der Waals surface area contributed by atoms with Crippen LogP contribution in [0.5, 0.6) is 5.75 Å². The van der Waals surface area contributed by atoms with E-state index in [9.17, 15) is 4.79 Å². The molecule has 0 amide bonds. The first-order valence-corrected chi connectivity index (χ1v) is 11.1. The van der Waals surface area contributed by atoms with Crippen LogP contribution in [0.2, 0.25) is 5.02 Å². The van der Waals surface area contributed by atoms with Crippen molar-refractivity contribution in [2.75, 3.05) is 30.1 Å². The Labute approximate surface area is 196 Å². The molecule has 8 nitrogen and oxygen atoms in total. The summed E-state index contributed by atoms with van der Waals surface area (Å²) < 4.78 is 7.18. The SMILES string of the molecule is COc1cn(C2=CCN(c3ncccc3Cl)CC2)nc(C2CC=NN2c2ccccc2)c1=O. The number of hydrazone groups is 1. The molecule has 1 aromatic carbocycles. The molecule has 3 aromatic rings. The summed E-state index contributed by atoms with van der Waals surface area (Å²) >= 11 is 6.32. The van der Waals surface area contributed by atoms with Crippen LogP contribution in [0.1, 0.15) is 24.6 Å². The fourth-order valence-corrected chi connectivity index (χ4v) is 4.38. The van der Waals surface area contributed by atoms with E-state index < -0.39 is 0 Å². The topological polar surface area (TPSA) is 75.8 Å². The average Bonchev–Trinajstić information content (AvgIpc) is 3.35. The normalized spacial score (nSPS) is 17.9. The van der Waals surface area contributed by atoms with Gasteiger partial charge in [0.15, 0.2) is 5.75 Å². The lowest BCUT2D eigenvalue weighted by Gasteiger charge is -2.29. The summed E-state index contributed by atoms with van der Waals surface area (Å²) in [7, 11) is 1.50. The Hall–Kier alpha value is -3.65. The quantitative estimate of drug-likeness (QED) is 0.570. The molecule has 1 unspecified atom stereocenters. The van der Waals surface area contributed by atoms with Gasteiger partial charge >= 0.3 is 0 Å². The lowest BCUT2D eigenvalue weighted by Crippen LogP contribution is -2.32. The van der Waals surface area contributed by atoms with Crippen LogP contribution in [0.15, 0.2) is 70.8 Å². The maximum atomic E-state index is 13.1. The van der Waals surface area contributed by atoms with Gasteiger partial charge in [0.25, 0.3) is 0 Å². The summed E-state index contributed by atoms with van der Waals surface area (Å²) in [6, 6.07) is 13.1. The number of anilines is 2. The van der Waals surface area contributed by atoms with Gasteiger partial charge in [0.05, 0.1) is 24.0 Å². The van der Waals surface area contributed by atoms with Gasteiger partial charge in [-0.05, 0) is 30.3 Å². The Kier molecular flexibility index (Phi) is 5.83. The number of hydrogen-bond donors (Lipinski definition) is 0. The molecule has 0 radical (unpaired) electrons. The summed E-state index contributed by atoms with van der Waals surface area (Å²) in [5.41, 5.74) is 2.09. The lowest BCUT2D eigenvalue weighted by atomic mass is 10.1. The summed E-state index contributed by atoms with van der Waals surface area (Å²) in [5.74, 6) is 1.03. The van der Waals surface area contributed by atoms with E-state index in [-0.39, 0.29) is 17.2 Å². The summed E-state index contributed by atoms with van der Waals surface area (Å²) in [6.07, 6.45) is 8.60. The van der Waals surface area contributed by atoms with Crippen molar-refractivity contribution < 1.29 is 4.74 Å². The van der Waals surface area contributed by atoms with E-state index in [1.165, 1.54) is 7.11 Å². The molecule has 0 aliphatic carbocycles. The van der Waals surface area contributed by atoms with Crippen LogP contribution in [0.3, 0.4) is 0 Å². The van der Waals surface area contributed by atoms with Crippen LogP contribution in [-0.2, 0) is 0 Å². The van der Waals surface area contributed by atoms with Crippen LogP contribution in [0, 0.1) is 0 Å². The molecule has 9 heteroatoms. The predicted molar refractivity (Wildman–Crippen MR) is 130 cm³/mol. The minimum atomic E-state index is -0.297. The maximum Gasteiger partial charge on any atom is 0.247 e. The highest BCUT2D eigenvalue weighted by Gasteiger charge is 2.30. The van der Waals surface area contributed by atoms with Gasteiger partial charge in [0.2, 0.25) is 5.43 Å². The number of pyridine rings is 1. The summed E-state index contributed by atoms with van der Waals surface area (Å²) in [5, 5.41) is 11.7. The zero-order valence-corrected chi connectivity index (χ0v) is 18.9. The van der Waals surface area contributed by atoms with Crippen molar-refractivity contribution in [3.63, 3.8) is 0 Å².